The van der Waals surface area contributed by atoms with Crippen molar-refractivity contribution < 1.29 is 9.53 Å². The molecule has 1 heterocycles. The Morgan fingerprint density at radius 3 is 2.67 bits per heavy atom. The van der Waals surface area contributed by atoms with Crippen LogP contribution in [0.15, 0.2) is 28.2 Å². The molecule has 1 fully saturated rings. The maximum atomic E-state index is 12.2. The number of methoxy groups -OCH3 is 1. The maximum absolute atomic E-state index is 12.2. The third-order valence-corrected chi connectivity index (χ3v) is 4.69. The van der Waals surface area contributed by atoms with Crippen LogP contribution in [0, 0.1) is 0 Å². The topological polar surface area (TPSA) is 106 Å². The first-order valence-electron chi connectivity index (χ1n) is 7.84. The predicted molar refractivity (Wildman–Crippen MR) is 94.3 cm³/mol. The number of carbonyl (C=O) groups is 1. The monoisotopic (exact) mass is 349 g/mol. The van der Waals surface area contributed by atoms with Gasteiger partial charge in [0.2, 0.25) is 11.9 Å². The minimum absolute atomic E-state index is 0.166. The molecule has 1 saturated carbocycles. The summed E-state index contributed by atoms with van der Waals surface area (Å²) in [6, 6.07) is 5.01. The molecule has 4 N–H and O–H groups in total. The molecule has 0 aromatic heterocycles. The summed E-state index contributed by atoms with van der Waals surface area (Å²) in [6.45, 7) is 0. The molecule has 2 aliphatic rings. The molecule has 1 spiro atoms. The summed E-state index contributed by atoms with van der Waals surface area (Å²) in [5, 5.41) is 0.437. The second-order valence-electron chi connectivity index (χ2n) is 5.97. The summed E-state index contributed by atoms with van der Waals surface area (Å²) in [6.07, 6.45) is 4.70. The van der Waals surface area contributed by atoms with Crippen LogP contribution >= 0.6 is 11.6 Å². The van der Waals surface area contributed by atoms with Gasteiger partial charge in [0, 0.05) is 5.02 Å². The molecule has 24 heavy (non-hydrogen) atoms. The molecule has 0 unspecified atom stereocenters. The largest absolute Gasteiger partial charge is 0.465 e. The van der Waals surface area contributed by atoms with Gasteiger partial charge >= 0.3 is 5.97 Å². The van der Waals surface area contributed by atoms with Gasteiger partial charge in [-0.2, -0.15) is 4.99 Å². The van der Waals surface area contributed by atoms with E-state index >= 15 is 0 Å². The van der Waals surface area contributed by atoms with E-state index in [4.69, 9.17) is 27.8 Å². The lowest BCUT2D eigenvalue weighted by Gasteiger charge is -2.46. The molecule has 1 aromatic rings. The lowest BCUT2D eigenvalue weighted by atomic mass is 9.87. The third-order valence-electron chi connectivity index (χ3n) is 4.46. The lowest BCUT2D eigenvalue weighted by molar-refractivity contribution is 0.0601. The molecule has 0 radical (unpaired) electrons. The molecule has 1 aromatic carbocycles. The summed E-state index contributed by atoms with van der Waals surface area (Å²) in [5.41, 5.74) is 12.3. The van der Waals surface area contributed by atoms with Gasteiger partial charge in [-0.25, -0.2) is 9.79 Å². The number of aliphatic imine (C=N–C) groups is 2. The number of ether oxygens (including phenoxy) is 1. The van der Waals surface area contributed by atoms with Crippen LogP contribution < -0.4 is 16.4 Å². The van der Waals surface area contributed by atoms with Gasteiger partial charge in [0.05, 0.1) is 18.4 Å². The first kappa shape index (κ1) is 16.6. The minimum Gasteiger partial charge on any atom is -0.465 e. The van der Waals surface area contributed by atoms with Crippen LogP contribution in [0.1, 0.15) is 42.5 Å². The second kappa shape index (κ2) is 6.32. The van der Waals surface area contributed by atoms with E-state index in [0.29, 0.717) is 16.3 Å². The lowest BCUT2D eigenvalue weighted by Crippen LogP contribution is -2.58. The Labute approximate surface area is 145 Å². The van der Waals surface area contributed by atoms with Crippen LogP contribution in [-0.2, 0) is 4.74 Å². The molecule has 0 atom stereocenters. The highest BCUT2D eigenvalue weighted by Gasteiger charge is 2.43. The summed E-state index contributed by atoms with van der Waals surface area (Å²) in [5.74, 6) is -0.107. The smallest absolute Gasteiger partial charge is 0.340 e. The quantitative estimate of drug-likeness (QED) is 0.796. The number of halogens is 1. The number of anilines is 1. The fourth-order valence-corrected chi connectivity index (χ4v) is 3.62. The van der Waals surface area contributed by atoms with E-state index < -0.39 is 11.6 Å². The van der Waals surface area contributed by atoms with Crippen molar-refractivity contribution in [1.82, 2.24) is 0 Å². The number of benzene rings is 1. The molecule has 1 aliphatic carbocycles. The zero-order valence-corrected chi connectivity index (χ0v) is 14.2. The van der Waals surface area contributed by atoms with Crippen molar-refractivity contribution in [3.8, 4) is 0 Å². The van der Waals surface area contributed by atoms with Gasteiger partial charge in [0.1, 0.15) is 5.66 Å². The number of rotatable bonds is 2. The van der Waals surface area contributed by atoms with Gasteiger partial charge in [0.25, 0.3) is 0 Å². The fraction of sp³-hybridized carbons (Fsp3) is 0.438. The number of nitrogens with two attached hydrogens (primary N) is 2. The van der Waals surface area contributed by atoms with Crippen molar-refractivity contribution >= 4 is 35.2 Å². The average molecular weight is 350 g/mol. The Kier molecular flexibility index (Phi) is 4.36. The molecule has 8 heteroatoms. The van der Waals surface area contributed by atoms with E-state index in [-0.39, 0.29) is 11.9 Å². The molecular weight excluding hydrogens is 330 g/mol. The Hall–Kier alpha value is -2.28. The maximum Gasteiger partial charge on any atom is 0.340 e. The third kappa shape index (κ3) is 2.80. The number of hydrogen-bond acceptors (Lipinski definition) is 7. The van der Waals surface area contributed by atoms with Crippen molar-refractivity contribution in [3.05, 3.63) is 28.8 Å². The van der Waals surface area contributed by atoms with Crippen LogP contribution in [0.25, 0.3) is 0 Å². The Morgan fingerprint density at radius 2 is 2.00 bits per heavy atom. The standard InChI is InChI=1S/C16H20ClN5O2/c1-24-13(23)11-9-10(17)5-6-12(11)22-15(19)20-14(18)21-16(22)7-3-2-4-8-16/h5-6,9H,2-4,7-8H2,1H3,(H4,18,19,20,21). The Bertz CT molecular complexity index is 725. The van der Waals surface area contributed by atoms with Gasteiger partial charge in [-0.1, -0.05) is 18.0 Å². The summed E-state index contributed by atoms with van der Waals surface area (Å²) in [7, 11) is 1.33. The normalized spacial score (nSPS) is 19.7. The highest BCUT2D eigenvalue weighted by Crippen LogP contribution is 2.41. The van der Waals surface area contributed by atoms with Gasteiger partial charge in [-0.3, -0.25) is 4.90 Å². The van der Waals surface area contributed by atoms with Crippen molar-refractivity contribution in [2.75, 3.05) is 12.0 Å². The summed E-state index contributed by atoms with van der Waals surface area (Å²) >= 11 is 6.06. The van der Waals surface area contributed by atoms with Crippen molar-refractivity contribution in [2.24, 2.45) is 21.5 Å². The number of guanidine groups is 2. The summed E-state index contributed by atoms with van der Waals surface area (Å²) in [4.78, 5) is 22.7. The highest BCUT2D eigenvalue weighted by molar-refractivity contribution is 6.31. The van der Waals surface area contributed by atoms with Crippen molar-refractivity contribution in [3.63, 3.8) is 0 Å². The fourth-order valence-electron chi connectivity index (χ4n) is 3.45. The van der Waals surface area contributed by atoms with Gasteiger partial charge in [-0.15, -0.1) is 0 Å². The number of nitrogens with zero attached hydrogens (tertiary/aromatic N) is 3. The Balaban J connectivity index is 2.16. The molecule has 128 valence electrons. The van der Waals surface area contributed by atoms with Crippen molar-refractivity contribution in [2.45, 2.75) is 37.8 Å². The van der Waals surface area contributed by atoms with E-state index in [1.165, 1.54) is 7.11 Å². The van der Waals surface area contributed by atoms with Gasteiger partial charge in [0.15, 0.2) is 0 Å². The zero-order chi connectivity index (χ0) is 17.3. The van der Waals surface area contributed by atoms with Crippen LogP contribution in [0.4, 0.5) is 5.69 Å². The number of hydrogen-bond donors (Lipinski definition) is 2. The van der Waals surface area contributed by atoms with Crippen molar-refractivity contribution in [1.29, 1.82) is 0 Å². The number of esters is 1. The molecule has 3 rings (SSSR count). The van der Waals surface area contributed by atoms with E-state index in [0.717, 1.165) is 32.1 Å². The van der Waals surface area contributed by atoms with Crippen LogP contribution in [-0.4, -0.2) is 30.7 Å². The second-order valence-corrected chi connectivity index (χ2v) is 6.41. The average Bonchev–Trinajstić information content (AvgIpc) is 2.55. The van der Waals surface area contributed by atoms with E-state index in [1.54, 1.807) is 23.1 Å². The molecule has 0 bridgehead atoms. The van der Waals surface area contributed by atoms with Gasteiger partial charge in [-0.05, 0) is 43.9 Å². The van der Waals surface area contributed by atoms with E-state index in [2.05, 4.69) is 9.98 Å². The van der Waals surface area contributed by atoms with E-state index in [1.807, 2.05) is 0 Å². The molecule has 0 saturated heterocycles. The first-order chi connectivity index (χ1) is 11.5. The molecule has 1 aliphatic heterocycles. The van der Waals surface area contributed by atoms with Crippen LogP contribution in [0.5, 0.6) is 0 Å². The number of carbonyl (C=O) groups excluding carboxylic acids is 1. The zero-order valence-electron chi connectivity index (χ0n) is 13.5. The van der Waals surface area contributed by atoms with Crippen LogP contribution in [0.3, 0.4) is 0 Å². The molecule has 7 nitrogen and oxygen atoms in total. The Morgan fingerprint density at radius 1 is 1.29 bits per heavy atom. The predicted octanol–water partition coefficient (Wildman–Crippen LogP) is 2.24. The molecule has 0 amide bonds. The minimum atomic E-state index is -0.620. The molecular formula is C16H20ClN5O2. The first-order valence-corrected chi connectivity index (χ1v) is 8.22. The SMILES string of the molecule is COC(=O)c1cc(Cl)ccc1N1C(N)=NC(N)=NC12CCCCC2. The van der Waals surface area contributed by atoms with Gasteiger partial charge < -0.3 is 16.2 Å². The van der Waals surface area contributed by atoms with E-state index in [9.17, 15) is 4.79 Å². The summed E-state index contributed by atoms with van der Waals surface area (Å²) < 4.78 is 4.89. The highest BCUT2D eigenvalue weighted by atomic mass is 35.5. The van der Waals surface area contributed by atoms with Crippen LogP contribution in [0.2, 0.25) is 5.02 Å².